The SMILES string of the molecule is CCCCCCN(CC(=O)OC)C(=O)CCCOc1ccc2c(c1)CN1CC(=O)NC1=N2. The van der Waals surface area contributed by atoms with Gasteiger partial charge in [0.2, 0.25) is 17.8 Å². The van der Waals surface area contributed by atoms with Crippen LogP contribution >= 0.6 is 0 Å². The molecule has 0 aromatic heterocycles. The number of unbranched alkanes of at least 4 members (excludes halogenated alkanes) is 3. The largest absolute Gasteiger partial charge is 0.494 e. The summed E-state index contributed by atoms with van der Waals surface area (Å²) >= 11 is 0. The third-order valence-electron chi connectivity index (χ3n) is 5.51. The van der Waals surface area contributed by atoms with Crippen molar-refractivity contribution in [2.45, 2.75) is 52.0 Å². The molecule has 2 amide bonds. The number of esters is 1. The fourth-order valence-electron chi connectivity index (χ4n) is 3.74. The summed E-state index contributed by atoms with van der Waals surface area (Å²) in [6.07, 6.45) is 5.01. The molecule has 0 unspecified atom stereocenters. The van der Waals surface area contributed by atoms with Crippen LogP contribution in [0.15, 0.2) is 23.2 Å². The number of rotatable bonds is 12. The highest BCUT2D eigenvalue weighted by molar-refractivity contribution is 6.05. The Labute approximate surface area is 188 Å². The Morgan fingerprint density at radius 2 is 2.03 bits per heavy atom. The third kappa shape index (κ3) is 6.45. The van der Waals surface area contributed by atoms with Crippen LogP contribution in [-0.4, -0.2) is 66.9 Å². The van der Waals surface area contributed by atoms with E-state index in [9.17, 15) is 14.4 Å². The van der Waals surface area contributed by atoms with Gasteiger partial charge in [-0.25, -0.2) is 4.99 Å². The topological polar surface area (TPSA) is 101 Å². The second-order valence-electron chi connectivity index (χ2n) is 8.03. The number of ether oxygens (including phenoxy) is 2. The molecule has 1 aromatic carbocycles. The number of hydrogen-bond donors (Lipinski definition) is 1. The number of carbonyl (C=O) groups is 3. The van der Waals surface area contributed by atoms with Crippen LogP contribution in [0.2, 0.25) is 0 Å². The van der Waals surface area contributed by atoms with Gasteiger partial charge in [0.05, 0.1) is 19.4 Å². The maximum Gasteiger partial charge on any atom is 0.325 e. The quantitative estimate of drug-likeness (QED) is 0.392. The van der Waals surface area contributed by atoms with Crippen LogP contribution < -0.4 is 10.1 Å². The summed E-state index contributed by atoms with van der Waals surface area (Å²) in [7, 11) is 1.33. The van der Waals surface area contributed by atoms with Gasteiger partial charge in [0.1, 0.15) is 18.8 Å². The van der Waals surface area contributed by atoms with E-state index < -0.39 is 5.97 Å². The summed E-state index contributed by atoms with van der Waals surface area (Å²) in [5, 5.41) is 2.75. The van der Waals surface area contributed by atoms with Crippen molar-refractivity contribution in [2.24, 2.45) is 4.99 Å². The van der Waals surface area contributed by atoms with E-state index >= 15 is 0 Å². The minimum absolute atomic E-state index is 0.0104. The van der Waals surface area contributed by atoms with Crippen molar-refractivity contribution >= 4 is 29.4 Å². The number of carbonyl (C=O) groups excluding carboxylic acids is 3. The number of amides is 2. The van der Waals surface area contributed by atoms with Gasteiger partial charge in [-0.1, -0.05) is 26.2 Å². The Kier molecular flexibility index (Phi) is 8.47. The molecule has 1 aromatic rings. The lowest BCUT2D eigenvalue weighted by molar-refractivity contribution is -0.147. The minimum Gasteiger partial charge on any atom is -0.494 e. The van der Waals surface area contributed by atoms with E-state index in [2.05, 4.69) is 17.2 Å². The van der Waals surface area contributed by atoms with Gasteiger partial charge < -0.3 is 19.3 Å². The molecule has 9 nitrogen and oxygen atoms in total. The number of guanidine groups is 1. The molecule has 0 saturated carbocycles. The number of benzene rings is 1. The molecule has 2 heterocycles. The van der Waals surface area contributed by atoms with E-state index in [0.717, 1.165) is 36.9 Å². The van der Waals surface area contributed by atoms with Crippen LogP contribution in [0.3, 0.4) is 0 Å². The monoisotopic (exact) mass is 444 g/mol. The van der Waals surface area contributed by atoms with Gasteiger partial charge in [-0.2, -0.15) is 0 Å². The van der Waals surface area contributed by atoms with Crippen molar-refractivity contribution in [1.29, 1.82) is 0 Å². The predicted molar refractivity (Wildman–Crippen MR) is 120 cm³/mol. The van der Waals surface area contributed by atoms with Crippen molar-refractivity contribution in [2.75, 3.05) is 33.4 Å². The molecule has 32 heavy (non-hydrogen) atoms. The fraction of sp³-hybridized carbons (Fsp3) is 0.565. The highest BCUT2D eigenvalue weighted by atomic mass is 16.5. The van der Waals surface area contributed by atoms with Gasteiger partial charge in [0, 0.05) is 25.1 Å². The van der Waals surface area contributed by atoms with Crippen molar-refractivity contribution in [3.05, 3.63) is 23.8 Å². The van der Waals surface area contributed by atoms with Crippen molar-refractivity contribution in [1.82, 2.24) is 15.1 Å². The second-order valence-corrected chi connectivity index (χ2v) is 8.03. The van der Waals surface area contributed by atoms with E-state index in [0.29, 0.717) is 50.8 Å². The van der Waals surface area contributed by atoms with Crippen molar-refractivity contribution < 1.29 is 23.9 Å². The minimum atomic E-state index is -0.403. The number of aliphatic imine (C=N–C) groups is 1. The second kappa shape index (κ2) is 11.5. The number of nitrogens with zero attached hydrogens (tertiary/aromatic N) is 3. The molecule has 3 rings (SSSR count). The molecule has 1 saturated heterocycles. The van der Waals surface area contributed by atoms with E-state index in [-0.39, 0.29) is 18.4 Å². The Morgan fingerprint density at radius 1 is 1.19 bits per heavy atom. The average Bonchev–Trinajstić information content (AvgIpc) is 3.15. The van der Waals surface area contributed by atoms with Gasteiger partial charge in [0.15, 0.2) is 0 Å². The number of nitrogens with one attached hydrogen (secondary N) is 1. The van der Waals surface area contributed by atoms with Crippen LogP contribution in [0, 0.1) is 0 Å². The molecular formula is C23H32N4O5. The highest BCUT2D eigenvalue weighted by Crippen LogP contribution is 2.30. The van der Waals surface area contributed by atoms with E-state index in [1.165, 1.54) is 7.11 Å². The lowest BCUT2D eigenvalue weighted by atomic mass is 10.1. The number of methoxy groups -OCH3 is 1. The smallest absolute Gasteiger partial charge is 0.325 e. The zero-order valence-corrected chi connectivity index (χ0v) is 18.9. The molecule has 9 heteroatoms. The van der Waals surface area contributed by atoms with Crippen molar-refractivity contribution in [3.63, 3.8) is 0 Å². The summed E-state index contributed by atoms with van der Waals surface area (Å²) in [5.74, 6) is 0.790. The maximum absolute atomic E-state index is 12.6. The summed E-state index contributed by atoms with van der Waals surface area (Å²) in [6.45, 7) is 3.99. The Hall–Kier alpha value is -3.10. The molecule has 2 aliphatic rings. The van der Waals surface area contributed by atoms with Crippen LogP contribution in [0.1, 0.15) is 51.0 Å². The Bertz CT molecular complexity index is 870. The fourth-order valence-corrected chi connectivity index (χ4v) is 3.74. The van der Waals surface area contributed by atoms with Crippen LogP contribution in [-0.2, 0) is 25.7 Å². The number of fused-ring (bicyclic) bond motifs is 2. The summed E-state index contributed by atoms with van der Waals surface area (Å²) in [6, 6.07) is 5.64. The van der Waals surface area contributed by atoms with Crippen LogP contribution in [0.4, 0.5) is 5.69 Å². The third-order valence-corrected chi connectivity index (χ3v) is 5.51. The molecule has 2 aliphatic heterocycles. The average molecular weight is 445 g/mol. The van der Waals surface area contributed by atoms with E-state index in [1.807, 2.05) is 23.1 Å². The molecule has 0 aliphatic carbocycles. The molecule has 1 N–H and O–H groups in total. The van der Waals surface area contributed by atoms with E-state index in [4.69, 9.17) is 9.47 Å². The normalized spacial score (nSPS) is 14.2. The zero-order valence-electron chi connectivity index (χ0n) is 18.9. The van der Waals surface area contributed by atoms with Gasteiger partial charge >= 0.3 is 5.97 Å². The first-order valence-electron chi connectivity index (χ1n) is 11.2. The highest BCUT2D eigenvalue weighted by Gasteiger charge is 2.29. The zero-order chi connectivity index (χ0) is 22.9. The standard InChI is InChI=1S/C23H32N4O5/c1-3-4-5-6-11-26(16-22(30)31-2)21(29)8-7-12-32-18-9-10-19-17(13-18)14-27-15-20(28)25-23(27)24-19/h9-10,13H,3-8,11-12,14-16H2,1-2H3,(H,24,25,28). The maximum atomic E-state index is 12.6. The predicted octanol–water partition coefficient (Wildman–Crippen LogP) is 2.36. The van der Waals surface area contributed by atoms with E-state index in [1.54, 1.807) is 4.90 Å². The van der Waals surface area contributed by atoms with Gasteiger partial charge in [-0.05, 0) is 31.0 Å². The van der Waals surface area contributed by atoms with Crippen LogP contribution in [0.5, 0.6) is 5.75 Å². The molecule has 1 fully saturated rings. The van der Waals surface area contributed by atoms with Crippen LogP contribution in [0.25, 0.3) is 0 Å². The summed E-state index contributed by atoms with van der Waals surface area (Å²) < 4.78 is 10.6. The first-order valence-corrected chi connectivity index (χ1v) is 11.2. The summed E-state index contributed by atoms with van der Waals surface area (Å²) in [4.78, 5) is 43.8. The molecule has 0 bridgehead atoms. The molecule has 0 radical (unpaired) electrons. The van der Waals surface area contributed by atoms with Gasteiger partial charge in [-0.15, -0.1) is 0 Å². The van der Waals surface area contributed by atoms with Gasteiger partial charge in [0.25, 0.3) is 0 Å². The molecule has 0 atom stereocenters. The Morgan fingerprint density at radius 3 is 2.81 bits per heavy atom. The van der Waals surface area contributed by atoms with Gasteiger partial charge in [-0.3, -0.25) is 19.7 Å². The van der Waals surface area contributed by atoms with Crippen molar-refractivity contribution in [3.8, 4) is 5.75 Å². The summed E-state index contributed by atoms with van der Waals surface area (Å²) in [5.41, 5.74) is 1.82. The Balaban J connectivity index is 1.45. The first kappa shape index (κ1) is 23.6. The lowest BCUT2D eigenvalue weighted by Gasteiger charge is -2.23. The molecule has 174 valence electrons. The molecule has 0 spiro atoms. The lowest BCUT2D eigenvalue weighted by Crippen LogP contribution is -2.37. The first-order chi connectivity index (χ1) is 15.5. The molecular weight excluding hydrogens is 412 g/mol. The number of hydrogen-bond acceptors (Lipinski definition) is 7.